The molecule has 2 rings (SSSR count). The number of amides is 1. The van der Waals surface area contributed by atoms with Crippen molar-refractivity contribution in [2.24, 2.45) is 0 Å². The van der Waals surface area contributed by atoms with E-state index in [4.69, 9.17) is 9.47 Å². The smallest absolute Gasteiger partial charge is 0.311 e. The molecule has 0 unspecified atom stereocenters. The molecule has 2 aromatic carbocycles. The van der Waals surface area contributed by atoms with Crippen LogP contribution in [-0.4, -0.2) is 30.0 Å². The number of esters is 1. The molecule has 0 aliphatic heterocycles. The highest BCUT2D eigenvalue weighted by Crippen LogP contribution is 2.29. The fraction of sp³-hybridized carbons (Fsp3) is 0.263. The molecule has 1 atom stereocenters. The van der Waals surface area contributed by atoms with Gasteiger partial charge >= 0.3 is 5.97 Å². The van der Waals surface area contributed by atoms with Crippen LogP contribution in [0.25, 0.3) is 0 Å². The van der Waals surface area contributed by atoms with Crippen LogP contribution in [0.5, 0.6) is 5.75 Å². The Balaban J connectivity index is 2.00. The molecule has 0 radical (unpaired) electrons. The van der Waals surface area contributed by atoms with Crippen molar-refractivity contribution in [3.05, 3.63) is 63.7 Å². The summed E-state index contributed by atoms with van der Waals surface area (Å²) in [4.78, 5) is 34.8. The zero-order chi connectivity index (χ0) is 20.0. The van der Waals surface area contributed by atoms with Gasteiger partial charge in [0.1, 0.15) is 11.4 Å². The van der Waals surface area contributed by atoms with Crippen LogP contribution in [0.4, 0.5) is 11.4 Å². The van der Waals surface area contributed by atoms with Crippen molar-refractivity contribution in [2.75, 3.05) is 12.4 Å². The summed E-state index contributed by atoms with van der Waals surface area (Å²) in [5.41, 5.74) is 1.51. The van der Waals surface area contributed by atoms with Crippen LogP contribution in [0.3, 0.4) is 0 Å². The summed E-state index contributed by atoms with van der Waals surface area (Å²) in [6, 6.07) is 11.4. The van der Waals surface area contributed by atoms with Gasteiger partial charge in [0.15, 0.2) is 6.10 Å². The molecule has 0 spiro atoms. The lowest BCUT2D eigenvalue weighted by Crippen LogP contribution is -2.30. The van der Waals surface area contributed by atoms with Crippen molar-refractivity contribution >= 4 is 23.3 Å². The number of carbonyl (C=O) groups is 2. The Morgan fingerprint density at radius 2 is 1.85 bits per heavy atom. The first-order valence-corrected chi connectivity index (χ1v) is 8.18. The summed E-state index contributed by atoms with van der Waals surface area (Å²) in [7, 11) is 1.38. The van der Waals surface area contributed by atoms with Gasteiger partial charge in [-0.05, 0) is 31.5 Å². The largest absolute Gasteiger partial charge is 0.496 e. The number of hydrogen-bond donors (Lipinski definition) is 1. The Bertz CT molecular complexity index is 848. The van der Waals surface area contributed by atoms with E-state index in [-0.39, 0.29) is 23.5 Å². The molecule has 0 bridgehead atoms. The van der Waals surface area contributed by atoms with E-state index in [0.29, 0.717) is 0 Å². The van der Waals surface area contributed by atoms with E-state index in [1.807, 2.05) is 31.2 Å². The third-order valence-corrected chi connectivity index (χ3v) is 3.81. The zero-order valence-corrected chi connectivity index (χ0v) is 15.2. The highest BCUT2D eigenvalue weighted by Gasteiger charge is 2.22. The van der Waals surface area contributed by atoms with Gasteiger partial charge in [0.25, 0.3) is 11.6 Å². The summed E-state index contributed by atoms with van der Waals surface area (Å²) >= 11 is 0. The van der Waals surface area contributed by atoms with Gasteiger partial charge in [-0.15, -0.1) is 0 Å². The van der Waals surface area contributed by atoms with Crippen LogP contribution in [0.1, 0.15) is 18.1 Å². The molecule has 0 saturated heterocycles. The number of aryl methyl sites for hydroxylation is 1. The lowest BCUT2D eigenvalue weighted by molar-refractivity contribution is -0.384. The second-order valence-electron chi connectivity index (χ2n) is 5.92. The maximum atomic E-state index is 12.2. The maximum absolute atomic E-state index is 12.2. The number of methoxy groups -OCH3 is 1. The van der Waals surface area contributed by atoms with E-state index < -0.39 is 22.9 Å². The first kappa shape index (κ1) is 19.9. The van der Waals surface area contributed by atoms with E-state index >= 15 is 0 Å². The Hall–Kier alpha value is -3.42. The third kappa shape index (κ3) is 5.53. The molecule has 1 amide bonds. The molecule has 8 heteroatoms. The van der Waals surface area contributed by atoms with E-state index in [1.165, 1.54) is 32.2 Å². The van der Waals surface area contributed by atoms with Crippen molar-refractivity contribution in [3.63, 3.8) is 0 Å². The molecule has 0 saturated carbocycles. The molecule has 2 aromatic rings. The van der Waals surface area contributed by atoms with E-state index in [1.54, 1.807) is 0 Å². The van der Waals surface area contributed by atoms with Crippen molar-refractivity contribution < 1.29 is 24.0 Å². The van der Waals surface area contributed by atoms with Gasteiger partial charge in [-0.1, -0.05) is 29.8 Å². The zero-order valence-electron chi connectivity index (χ0n) is 15.2. The van der Waals surface area contributed by atoms with Gasteiger partial charge in [0.05, 0.1) is 24.5 Å². The summed E-state index contributed by atoms with van der Waals surface area (Å²) in [5, 5.41) is 13.6. The highest BCUT2D eigenvalue weighted by atomic mass is 16.6. The first-order chi connectivity index (χ1) is 12.8. The summed E-state index contributed by atoms with van der Waals surface area (Å²) in [5.74, 6) is -0.941. The number of ether oxygens (including phenoxy) is 2. The Morgan fingerprint density at radius 1 is 1.19 bits per heavy atom. The molecule has 1 N–H and O–H groups in total. The fourth-order valence-electron chi connectivity index (χ4n) is 2.29. The van der Waals surface area contributed by atoms with Gasteiger partial charge in [-0.2, -0.15) is 0 Å². The van der Waals surface area contributed by atoms with Crippen molar-refractivity contribution in [1.82, 2.24) is 0 Å². The Morgan fingerprint density at radius 3 is 2.44 bits per heavy atom. The molecular weight excluding hydrogens is 352 g/mol. The van der Waals surface area contributed by atoms with Gasteiger partial charge in [0.2, 0.25) is 0 Å². The topological polar surface area (TPSA) is 108 Å². The number of nitro benzene ring substituents is 1. The minimum absolute atomic E-state index is 0.00719. The first-order valence-electron chi connectivity index (χ1n) is 8.18. The normalized spacial score (nSPS) is 11.4. The van der Waals surface area contributed by atoms with Crippen LogP contribution in [-0.2, 0) is 20.7 Å². The minimum atomic E-state index is -1.11. The summed E-state index contributed by atoms with van der Waals surface area (Å²) in [6.07, 6.45) is -1.08. The lowest BCUT2D eigenvalue weighted by Gasteiger charge is -2.14. The number of rotatable bonds is 7. The van der Waals surface area contributed by atoms with E-state index in [9.17, 15) is 19.7 Å². The van der Waals surface area contributed by atoms with Crippen LogP contribution in [0.15, 0.2) is 42.5 Å². The number of carbonyl (C=O) groups excluding carboxylic acids is 2. The van der Waals surface area contributed by atoms with Crippen molar-refractivity contribution in [2.45, 2.75) is 26.4 Å². The number of benzene rings is 2. The van der Waals surface area contributed by atoms with Crippen molar-refractivity contribution in [3.8, 4) is 5.75 Å². The third-order valence-electron chi connectivity index (χ3n) is 3.81. The van der Waals surface area contributed by atoms with Crippen LogP contribution in [0, 0.1) is 17.0 Å². The molecule has 142 valence electrons. The van der Waals surface area contributed by atoms with E-state index in [2.05, 4.69) is 5.32 Å². The van der Waals surface area contributed by atoms with Crippen LogP contribution < -0.4 is 10.1 Å². The summed E-state index contributed by atoms with van der Waals surface area (Å²) < 4.78 is 10.1. The minimum Gasteiger partial charge on any atom is -0.496 e. The summed E-state index contributed by atoms with van der Waals surface area (Å²) in [6.45, 7) is 3.34. The van der Waals surface area contributed by atoms with Gasteiger partial charge in [-0.25, -0.2) is 0 Å². The number of anilines is 1. The monoisotopic (exact) mass is 372 g/mol. The van der Waals surface area contributed by atoms with E-state index in [0.717, 1.165) is 11.1 Å². The molecule has 0 aliphatic carbocycles. The molecule has 27 heavy (non-hydrogen) atoms. The second-order valence-corrected chi connectivity index (χ2v) is 5.92. The molecule has 0 aliphatic rings. The van der Waals surface area contributed by atoms with Crippen molar-refractivity contribution in [1.29, 1.82) is 0 Å². The second kappa shape index (κ2) is 8.79. The van der Waals surface area contributed by atoms with Crippen LogP contribution in [0.2, 0.25) is 0 Å². The predicted molar refractivity (Wildman–Crippen MR) is 98.7 cm³/mol. The average molecular weight is 372 g/mol. The van der Waals surface area contributed by atoms with Gasteiger partial charge in [-0.3, -0.25) is 19.7 Å². The average Bonchev–Trinajstić information content (AvgIpc) is 2.63. The molecule has 0 aromatic heterocycles. The number of hydrogen-bond acceptors (Lipinski definition) is 6. The number of nitrogens with one attached hydrogen (secondary N) is 1. The SMILES string of the molecule is COc1ccc(NC(=O)[C@@H](C)OC(=O)Cc2ccc(C)cc2)c([N+](=O)[O-])c1. The predicted octanol–water partition coefficient (Wildman–Crippen LogP) is 3.02. The highest BCUT2D eigenvalue weighted by molar-refractivity contribution is 5.97. The lowest BCUT2D eigenvalue weighted by atomic mass is 10.1. The maximum Gasteiger partial charge on any atom is 0.311 e. The molecular formula is C19H20N2O6. The standard InChI is InChI=1S/C19H20N2O6/c1-12-4-6-14(7-5-12)10-18(22)27-13(2)19(23)20-16-9-8-15(26-3)11-17(16)21(24)25/h4-9,11,13H,10H2,1-3H3,(H,20,23)/t13-/m1/s1. The van der Waals surface area contributed by atoms with Gasteiger partial charge < -0.3 is 14.8 Å². The van der Waals surface area contributed by atoms with Crippen LogP contribution >= 0.6 is 0 Å². The molecule has 8 nitrogen and oxygen atoms in total. The number of nitro groups is 1. The number of nitrogens with zero attached hydrogens (tertiary/aromatic N) is 1. The fourth-order valence-corrected chi connectivity index (χ4v) is 2.29. The quantitative estimate of drug-likeness (QED) is 0.455. The van der Waals surface area contributed by atoms with Gasteiger partial charge in [0, 0.05) is 0 Å². The molecule has 0 fully saturated rings. The Kier molecular flexibility index (Phi) is 6.48. The Labute approximate surface area is 156 Å². The molecule has 0 heterocycles.